The van der Waals surface area contributed by atoms with E-state index in [1.165, 1.54) is 12.0 Å². The summed E-state index contributed by atoms with van der Waals surface area (Å²) in [6, 6.07) is 0.997. The quantitative estimate of drug-likeness (QED) is 0.810. The van der Waals surface area contributed by atoms with Crippen molar-refractivity contribution in [3.63, 3.8) is 0 Å². The van der Waals surface area contributed by atoms with E-state index >= 15 is 0 Å². The van der Waals surface area contributed by atoms with Gasteiger partial charge in [-0.15, -0.1) is 0 Å². The van der Waals surface area contributed by atoms with Crippen molar-refractivity contribution in [3.8, 4) is 0 Å². The third kappa shape index (κ3) is 3.11. The molecule has 2 rings (SSSR count). The molecule has 19 heavy (non-hydrogen) atoms. The highest BCUT2D eigenvalue weighted by atomic mass is 16.5. The van der Waals surface area contributed by atoms with Crippen LogP contribution < -0.4 is 0 Å². The zero-order chi connectivity index (χ0) is 13.8. The number of hydrogen-bond donors (Lipinski definition) is 1. The molecule has 7 nitrogen and oxygen atoms in total. The van der Waals surface area contributed by atoms with Crippen LogP contribution >= 0.6 is 0 Å². The SMILES string of the molecule is COC1CC(C(=O)O)N(C(=O)CCn2cccn2)C1. The summed E-state index contributed by atoms with van der Waals surface area (Å²) in [5, 5.41) is 13.1. The Kier molecular flexibility index (Phi) is 4.16. The number of hydrogen-bond acceptors (Lipinski definition) is 4. The van der Waals surface area contributed by atoms with E-state index in [0.717, 1.165) is 0 Å². The van der Waals surface area contributed by atoms with Gasteiger partial charge in [0.25, 0.3) is 0 Å². The molecule has 2 unspecified atom stereocenters. The predicted molar refractivity (Wildman–Crippen MR) is 65.4 cm³/mol. The molecule has 1 aromatic rings. The zero-order valence-electron chi connectivity index (χ0n) is 10.7. The fourth-order valence-corrected chi connectivity index (χ4v) is 2.26. The van der Waals surface area contributed by atoms with Crippen molar-refractivity contribution in [2.75, 3.05) is 13.7 Å². The number of methoxy groups -OCH3 is 1. The summed E-state index contributed by atoms with van der Waals surface area (Å²) in [5.74, 6) is -1.16. The molecule has 1 amide bonds. The number of aryl methyl sites for hydroxylation is 1. The average molecular weight is 267 g/mol. The van der Waals surface area contributed by atoms with Crippen LogP contribution in [0.1, 0.15) is 12.8 Å². The summed E-state index contributed by atoms with van der Waals surface area (Å²) in [6.07, 6.45) is 3.79. The third-order valence-corrected chi connectivity index (χ3v) is 3.32. The van der Waals surface area contributed by atoms with Crippen LogP contribution in [0.2, 0.25) is 0 Å². The highest BCUT2D eigenvalue weighted by Crippen LogP contribution is 2.21. The lowest BCUT2D eigenvalue weighted by Gasteiger charge is -2.21. The second kappa shape index (κ2) is 5.83. The Bertz CT molecular complexity index is 446. The average Bonchev–Trinajstić information content (AvgIpc) is 3.04. The van der Waals surface area contributed by atoms with Gasteiger partial charge in [0.05, 0.1) is 6.10 Å². The van der Waals surface area contributed by atoms with Gasteiger partial charge in [0.2, 0.25) is 5.91 Å². The maximum absolute atomic E-state index is 12.1. The van der Waals surface area contributed by atoms with Crippen LogP contribution in [0, 0.1) is 0 Å². The number of likely N-dealkylation sites (tertiary alicyclic amines) is 1. The van der Waals surface area contributed by atoms with Crippen molar-refractivity contribution < 1.29 is 19.4 Å². The standard InChI is InChI=1S/C12H17N3O4/c1-19-9-7-10(12(17)18)15(8-9)11(16)3-6-14-5-2-4-13-14/h2,4-5,9-10H,3,6-8H2,1H3,(H,17,18). The van der Waals surface area contributed by atoms with E-state index < -0.39 is 12.0 Å². The van der Waals surface area contributed by atoms with E-state index in [1.807, 2.05) is 0 Å². The number of aliphatic carboxylic acids is 1. The number of aromatic nitrogens is 2. The van der Waals surface area contributed by atoms with Crippen molar-refractivity contribution >= 4 is 11.9 Å². The van der Waals surface area contributed by atoms with Gasteiger partial charge in [0.15, 0.2) is 0 Å². The molecule has 0 saturated carbocycles. The largest absolute Gasteiger partial charge is 0.480 e. The molecule has 2 atom stereocenters. The van der Waals surface area contributed by atoms with Crippen LogP contribution in [0.25, 0.3) is 0 Å². The number of carbonyl (C=O) groups excluding carboxylic acids is 1. The molecule has 1 N–H and O–H groups in total. The van der Waals surface area contributed by atoms with Crippen LogP contribution in [0.3, 0.4) is 0 Å². The summed E-state index contributed by atoms with van der Waals surface area (Å²) in [4.78, 5) is 24.6. The number of rotatable bonds is 5. The van der Waals surface area contributed by atoms with Crippen LogP contribution in [0.4, 0.5) is 0 Å². The number of carboxylic acid groups (broad SMARTS) is 1. The molecule has 7 heteroatoms. The smallest absolute Gasteiger partial charge is 0.326 e. The highest BCUT2D eigenvalue weighted by Gasteiger charge is 2.39. The van der Waals surface area contributed by atoms with E-state index in [9.17, 15) is 9.59 Å². The fourth-order valence-electron chi connectivity index (χ4n) is 2.26. The summed E-state index contributed by atoms with van der Waals surface area (Å²) in [7, 11) is 1.53. The molecule has 1 fully saturated rings. The van der Waals surface area contributed by atoms with Crippen LogP contribution in [-0.2, 0) is 20.9 Å². The van der Waals surface area contributed by atoms with E-state index in [2.05, 4.69) is 5.10 Å². The molecule has 0 aromatic carbocycles. The van der Waals surface area contributed by atoms with E-state index in [1.54, 1.807) is 23.1 Å². The Morgan fingerprint density at radius 1 is 1.53 bits per heavy atom. The Hall–Kier alpha value is -1.89. The minimum Gasteiger partial charge on any atom is -0.480 e. The first-order chi connectivity index (χ1) is 9.11. The topological polar surface area (TPSA) is 84.7 Å². The normalized spacial score (nSPS) is 22.7. The van der Waals surface area contributed by atoms with Crippen LogP contribution in [0.15, 0.2) is 18.5 Å². The monoisotopic (exact) mass is 267 g/mol. The molecular formula is C12H17N3O4. The maximum Gasteiger partial charge on any atom is 0.326 e. The molecule has 0 radical (unpaired) electrons. The zero-order valence-corrected chi connectivity index (χ0v) is 10.7. The minimum absolute atomic E-state index is 0.178. The molecule has 1 saturated heterocycles. The number of ether oxygens (including phenoxy) is 1. The van der Waals surface area contributed by atoms with Crippen LogP contribution in [0.5, 0.6) is 0 Å². The number of carbonyl (C=O) groups is 2. The van der Waals surface area contributed by atoms with Crippen molar-refractivity contribution in [2.24, 2.45) is 0 Å². The van der Waals surface area contributed by atoms with Crippen molar-refractivity contribution in [1.29, 1.82) is 0 Å². The van der Waals surface area contributed by atoms with Gasteiger partial charge in [-0.3, -0.25) is 9.48 Å². The van der Waals surface area contributed by atoms with Crippen molar-refractivity contribution in [1.82, 2.24) is 14.7 Å². The van der Waals surface area contributed by atoms with Gasteiger partial charge in [-0.2, -0.15) is 5.10 Å². The van der Waals surface area contributed by atoms with Gasteiger partial charge in [0, 0.05) is 45.4 Å². The number of amides is 1. The Balaban J connectivity index is 1.94. The first-order valence-electron chi connectivity index (χ1n) is 6.14. The van der Waals surface area contributed by atoms with Crippen molar-refractivity contribution in [3.05, 3.63) is 18.5 Å². The Labute approximate surface area is 110 Å². The third-order valence-electron chi connectivity index (χ3n) is 3.32. The Morgan fingerprint density at radius 3 is 2.89 bits per heavy atom. The van der Waals surface area contributed by atoms with Crippen molar-refractivity contribution in [2.45, 2.75) is 31.5 Å². The van der Waals surface area contributed by atoms with E-state index in [4.69, 9.17) is 9.84 Å². The molecule has 0 spiro atoms. The molecule has 0 bridgehead atoms. The molecule has 104 valence electrons. The van der Waals surface area contributed by atoms with E-state index in [-0.39, 0.29) is 18.4 Å². The molecule has 1 aromatic heterocycles. The van der Waals surface area contributed by atoms with Gasteiger partial charge in [-0.1, -0.05) is 0 Å². The molecule has 1 aliphatic heterocycles. The van der Waals surface area contributed by atoms with Crippen LogP contribution in [-0.4, -0.2) is 57.5 Å². The predicted octanol–water partition coefficient (Wildman–Crippen LogP) is -0.0263. The van der Waals surface area contributed by atoms with Gasteiger partial charge < -0.3 is 14.7 Å². The van der Waals surface area contributed by atoms with Gasteiger partial charge in [-0.25, -0.2) is 4.79 Å². The fraction of sp³-hybridized carbons (Fsp3) is 0.583. The maximum atomic E-state index is 12.1. The summed E-state index contributed by atoms with van der Waals surface area (Å²) in [6.45, 7) is 0.789. The lowest BCUT2D eigenvalue weighted by Crippen LogP contribution is -2.40. The van der Waals surface area contributed by atoms with Gasteiger partial charge in [-0.05, 0) is 6.07 Å². The Morgan fingerprint density at radius 2 is 2.32 bits per heavy atom. The second-order valence-electron chi connectivity index (χ2n) is 4.51. The minimum atomic E-state index is -0.980. The lowest BCUT2D eigenvalue weighted by atomic mass is 10.2. The van der Waals surface area contributed by atoms with Gasteiger partial charge >= 0.3 is 5.97 Å². The number of carboxylic acids is 1. The summed E-state index contributed by atoms with van der Waals surface area (Å²) in [5.41, 5.74) is 0. The lowest BCUT2D eigenvalue weighted by molar-refractivity contribution is -0.148. The summed E-state index contributed by atoms with van der Waals surface area (Å²) >= 11 is 0. The molecular weight excluding hydrogens is 250 g/mol. The van der Waals surface area contributed by atoms with Gasteiger partial charge in [0.1, 0.15) is 6.04 Å². The molecule has 1 aliphatic rings. The highest BCUT2D eigenvalue weighted by molar-refractivity contribution is 5.84. The van der Waals surface area contributed by atoms with E-state index in [0.29, 0.717) is 19.5 Å². The first-order valence-corrected chi connectivity index (χ1v) is 6.14. The summed E-state index contributed by atoms with van der Waals surface area (Å²) < 4.78 is 6.80. The second-order valence-corrected chi connectivity index (χ2v) is 4.51. The first kappa shape index (κ1) is 13.5. The molecule has 2 heterocycles. The number of nitrogens with zero attached hydrogens (tertiary/aromatic N) is 3. The molecule has 0 aliphatic carbocycles.